The highest BCUT2D eigenvalue weighted by Gasteiger charge is 2.32. The van der Waals surface area contributed by atoms with Crippen molar-refractivity contribution in [3.05, 3.63) is 29.8 Å². The first-order valence-electron chi connectivity index (χ1n) is 10.2. The predicted octanol–water partition coefficient (Wildman–Crippen LogP) is 1.05. The van der Waals surface area contributed by atoms with Crippen molar-refractivity contribution in [1.29, 1.82) is 0 Å². The molecule has 0 bridgehead atoms. The fraction of sp³-hybridized carbons (Fsp3) is 0.600. The van der Waals surface area contributed by atoms with Crippen molar-refractivity contribution < 1.29 is 13.2 Å². The summed E-state index contributed by atoms with van der Waals surface area (Å²) >= 11 is 0. The number of carbonyl (C=O) groups is 1. The van der Waals surface area contributed by atoms with Crippen molar-refractivity contribution in [2.24, 2.45) is 10.9 Å². The van der Waals surface area contributed by atoms with Crippen LogP contribution in [0.15, 0.2) is 34.2 Å². The maximum Gasteiger partial charge on any atom is 0.240 e. The van der Waals surface area contributed by atoms with Crippen LogP contribution in [0.25, 0.3) is 0 Å². The molecule has 160 valence electrons. The maximum atomic E-state index is 12.6. The van der Waals surface area contributed by atoms with Gasteiger partial charge in [-0.1, -0.05) is 25.0 Å². The first-order valence-corrected chi connectivity index (χ1v) is 11.7. The Morgan fingerprint density at radius 3 is 2.48 bits per heavy atom. The highest BCUT2D eigenvalue weighted by molar-refractivity contribution is 7.89. The van der Waals surface area contributed by atoms with Crippen molar-refractivity contribution in [1.82, 2.24) is 20.3 Å². The molecule has 1 saturated carbocycles. The average Bonchev–Trinajstić information content (AvgIpc) is 3.43. The molecule has 3 N–H and O–H groups in total. The number of aliphatic imine (C=N–C) groups is 1. The second-order valence-corrected chi connectivity index (χ2v) is 9.56. The van der Waals surface area contributed by atoms with E-state index >= 15 is 0 Å². The van der Waals surface area contributed by atoms with E-state index in [1.807, 2.05) is 4.90 Å². The minimum absolute atomic E-state index is 0.190. The van der Waals surface area contributed by atoms with Crippen molar-refractivity contribution in [2.45, 2.75) is 49.6 Å². The standard InChI is InChI=1S/C20H31N5O3S/c1-21-20(23-13-15-7-9-18(10-8-15)29(27,28)22-2)24-17-11-12-25(14-17)19(26)16-5-3-4-6-16/h7-10,16-17,22H,3-6,11-14H2,1-2H3,(H2,21,23,24). The molecule has 1 aromatic rings. The van der Waals surface area contributed by atoms with E-state index in [-0.39, 0.29) is 16.9 Å². The number of benzene rings is 1. The number of amides is 1. The van der Waals surface area contributed by atoms with Crippen LogP contribution in [0.5, 0.6) is 0 Å². The molecule has 1 atom stereocenters. The molecule has 0 radical (unpaired) electrons. The maximum absolute atomic E-state index is 12.6. The van der Waals surface area contributed by atoms with Crippen LogP contribution < -0.4 is 15.4 Å². The van der Waals surface area contributed by atoms with Gasteiger partial charge in [0.05, 0.1) is 4.90 Å². The van der Waals surface area contributed by atoms with Crippen molar-refractivity contribution in [3.8, 4) is 0 Å². The number of sulfonamides is 1. The molecule has 0 aromatic heterocycles. The Bertz CT molecular complexity index is 832. The van der Waals surface area contributed by atoms with E-state index in [9.17, 15) is 13.2 Å². The minimum Gasteiger partial charge on any atom is -0.352 e. The largest absolute Gasteiger partial charge is 0.352 e. The van der Waals surface area contributed by atoms with Crippen LogP contribution in [0.4, 0.5) is 0 Å². The minimum atomic E-state index is -3.42. The Kier molecular flexibility index (Phi) is 7.13. The number of rotatable bonds is 6. The van der Waals surface area contributed by atoms with Gasteiger partial charge in [-0.2, -0.15) is 0 Å². The highest BCUT2D eigenvalue weighted by Crippen LogP contribution is 2.27. The Hall–Kier alpha value is -2.13. The molecular weight excluding hydrogens is 390 g/mol. The van der Waals surface area contributed by atoms with E-state index in [1.54, 1.807) is 31.3 Å². The Balaban J connectivity index is 1.48. The summed E-state index contributed by atoms with van der Waals surface area (Å²) in [5.74, 6) is 1.21. The fourth-order valence-corrected chi connectivity index (χ4v) is 4.72. The van der Waals surface area contributed by atoms with E-state index < -0.39 is 10.0 Å². The highest BCUT2D eigenvalue weighted by atomic mass is 32.2. The number of nitrogens with one attached hydrogen (secondary N) is 3. The van der Waals surface area contributed by atoms with Crippen molar-refractivity contribution in [2.75, 3.05) is 27.2 Å². The number of guanidine groups is 1. The predicted molar refractivity (Wildman–Crippen MR) is 113 cm³/mol. The molecule has 2 aliphatic rings. The van der Waals surface area contributed by atoms with Gasteiger partial charge in [-0.25, -0.2) is 13.1 Å². The van der Waals surface area contributed by atoms with E-state index in [4.69, 9.17) is 0 Å². The normalized spacial score (nSPS) is 20.8. The van der Waals surface area contributed by atoms with Gasteiger partial charge in [0.1, 0.15) is 0 Å². The van der Waals surface area contributed by atoms with Gasteiger partial charge >= 0.3 is 0 Å². The van der Waals surface area contributed by atoms with Crippen LogP contribution in [-0.2, 0) is 21.4 Å². The molecule has 9 heteroatoms. The van der Waals surface area contributed by atoms with E-state index in [0.717, 1.165) is 31.4 Å². The third-order valence-electron chi connectivity index (χ3n) is 5.73. The number of hydrogen-bond donors (Lipinski definition) is 3. The van der Waals surface area contributed by atoms with E-state index in [1.165, 1.54) is 19.9 Å². The molecule has 1 saturated heterocycles. The van der Waals surface area contributed by atoms with Gasteiger partial charge in [0.2, 0.25) is 15.9 Å². The first-order chi connectivity index (χ1) is 13.9. The Morgan fingerprint density at radius 1 is 1.17 bits per heavy atom. The topological polar surface area (TPSA) is 103 Å². The van der Waals surface area contributed by atoms with Gasteiger partial charge < -0.3 is 15.5 Å². The molecule has 3 rings (SSSR count). The number of likely N-dealkylation sites (tertiary alicyclic amines) is 1. The zero-order chi connectivity index (χ0) is 20.9. The molecule has 1 aromatic carbocycles. The van der Waals surface area contributed by atoms with Crippen LogP contribution in [0.3, 0.4) is 0 Å². The lowest BCUT2D eigenvalue weighted by Gasteiger charge is -2.21. The lowest BCUT2D eigenvalue weighted by molar-refractivity contribution is -0.134. The zero-order valence-electron chi connectivity index (χ0n) is 17.1. The summed E-state index contributed by atoms with van der Waals surface area (Å²) in [6.07, 6.45) is 5.32. The monoisotopic (exact) mass is 421 g/mol. The second-order valence-electron chi connectivity index (χ2n) is 7.67. The molecule has 2 fully saturated rings. The summed E-state index contributed by atoms with van der Waals surface area (Å²) < 4.78 is 25.9. The Morgan fingerprint density at radius 2 is 1.86 bits per heavy atom. The Labute approximate surface area is 173 Å². The summed E-state index contributed by atoms with van der Waals surface area (Å²) in [4.78, 5) is 19.1. The van der Waals surface area contributed by atoms with Crippen LogP contribution in [-0.4, -0.2) is 58.4 Å². The summed E-state index contributed by atoms with van der Waals surface area (Å²) in [7, 11) is -0.313. The number of carbonyl (C=O) groups excluding carboxylic acids is 1. The van der Waals surface area contributed by atoms with E-state index in [2.05, 4.69) is 20.3 Å². The SMILES string of the molecule is CN=C(NCc1ccc(S(=O)(=O)NC)cc1)NC1CCN(C(=O)C2CCCC2)C1. The van der Waals surface area contributed by atoms with Crippen LogP contribution in [0.1, 0.15) is 37.7 Å². The molecule has 1 heterocycles. The number of nitrogens with zero attached hydrogens (tertiary/aromatic N) is 2. The molecular formula is C20H31N5O3S. The summed E-state index contributed by atoms with van der Waals surface area (Å²) in [5, 5.41) is 6.65. The summed E-state index contributed by atoms with van der Waals surface area (Å²) in [6.45, 7) is 2.04. The third kappa shape index (κ3) is 5.48. The smallest absolute Gasteiger partial charge is 0.240 e. The van der Waals surface area contributed by atoms with Gasteiger partial charge in [0.15, 0.2) is 5.96 Å². The van der Waals surface area contributed by atoms with Gasteiger partial charge in [0, 0.05) is 38.6 Å². The molecule has 1 amide bonds. The lowest BCUT2D eigenvalue weighted by Crippen LogP contribution is -2.45. The van der Waals surface area contributed by atoms with Crippen LogP contribution in [0.2, 0.25) is 0 Å². The molecule has 1 aliphatic heterocycles. The van der Waals surface area contributed by atoms with Crippen molar-refractivity contribution in [3.63, 3.8) is 0 Å². The summed E-state index contributed by atoms with van der Waals surface area (Å²) in [6, 6.07) is 6.92. The first kappa shape index (κ1) is 21.6. The second kappa shape index (κ2) is 9.58. The number of hydrogen-bond acceptors (Lipinski definition) is 4. The van der Waals surface area contributed by atoms with Gasteiger partial charge in [-0.3, -0.25) is 9.79 Å². The van der Waals surface area contributed by atoms with Crippen LogP contribution in [0, 0.1) is 5.92 Å². The third-order valence-corrected chi connectivity index (χ3v) is 7.16. The van der Waals surface area contributed by atoms with Gasteiger partial charge in [-0.15, -0.1) is 0 Å². The quantitative estimate of drug-likeness (QED) is 0.471. The average molecular weight is 422 g/mol. The van der Waals surface area contributed by atoms with Gasteiger partial charge in [-0.05, 0) is 44.0 Å². The van der Waals surface area contributed by atoms with Crippen molar-refractivity contribution >= 4 is 21.9 Å². The van der Waals surface area contributed by atoms with Crippen LogP contribution >= 0.6 is 0 Å². The molecule has 1 aliphatic carbocycles. The molecule has 0 spiro atoms. The fourth-order valence-electron chi connectivity index (χ4n) is 3.99. The molecule has 8 nitrogen and oxygen atoms in total. The zero-order valence-corrected chi connectivity index (χ0v) is 18.0. The van der Waals surface area contributed by atoms with Gasteiger partial charge in [0.25, 0.3) is 0 Å². The molecule has 29 heavy (non-hydrogen) atoms. The molecule has 1 unspecified atom stereocenters. The lowest BCUT2D eigenvalue weighted by atomic mass is 10.1. The van der Waals surface area contributed by atoms with E-state index in [0.29, 0.717) is 25.0 Å². The summed E-state index contributed by atoms with van der Waals surface area (Å²) in [5.41, 5.74) is 0.951.